The van der Waals surface area contributed by atoms with E-state index in [2.05, 4.69) is 22.9 Å². The molecule has 3 heteroatoms. The normalized spacial score (nSPS) is 27.5. The van der Waals surface area contributed by atoms with Crippen LogP contribution in [-0.4, -0.2) is 4.83 Å². The quantitative estimate of drug-likeness (QED) is 0.640. The number of halogens is 3. The minimum absolute atomic E-state index is 0.508. The van der Waals surface area contributed by atoms with Crippen molar-refractivity contribution in [2.75, 3.05) is 0 Å². The van der Waals surface area contributed by atoms with Crippen molar-refractivity contribution in [3.63, 3.8) is 0 Å². The molecular weight excluding hydrogens is 310 g/mol. The molecule has 1 saturated carbocycles. The Morgan fingerprint density at radius 1 is 1.21 bits per heavy atom. The summed E-state index contributed by atoms with van der Waals surface area (Å²) in [7, 11) is 0. The lowest BCUT2D eigenvalue weighted by atomic mass is 9.77. The molecule has 0 aliphatic heterocycles. The number of hydrogen-bond acceptors (Lipinski definition) is 0. The monoisotopic (exact) mass is 330 g/mol. The first kappa shape index (κ1) is 15.0. The van der Waals surface area contributed by atoms with Crippen LogP contribution in [-0.2, 0) is 6.42 Å². The van der Waals surface area contributed by atoms with Gasteiger partial charge in [-0.05, 0) is 55.2 Å². The Labute approximate surface area is 122 Å². The fraction of sp³-hybridized carbons (Fsp3) is 0.625. The van der Waals surface area contributed by atoms with E-state index in [1.807, 2.05) is 0 Å². The van der Waals surface area contributed by atoms with Gasteiger partial charge in [-0.3, -0.25) is 0 Å². The van der Waals surface area contributed by atoms with E-state index >= 15 is 0 Å². The molecule has 0 radical (unpaired) electrons. The van der Waals surface area contributed by atoms with E-state index in [4.69, 9.17) is 0 Å². The van der Waals surface area contributed by atoms with E-state index in [1.54, 1.807) is 6.07 Å². The molecule has 1 aromatic rings. The van der Waals surface area contributed by atoms with Crippen molar-refractivity contribution < 1.29 is 8.78 Å². The average Bonchev–Trinajstić information content (AvgIpc) is 2.38. The van der Waals surface area contributed by atoms with E-state index < -0.39 is 11.6 Å². The van der Waals surface area contributed by atoms with Crippen LogP contribution in [0.1, 0.15) is 44.6 Å². The maximum atomic E-state index is 13.2. The smallest absolute Gasteiger partial charge is 0.159 e. The standard InChI is InChI=1S/C16H21BrF2/c1-2-3-11-4-6-14(17)13(8-11)9-12-5-7-15(18)16(19)10-12/h5,7,10-11,13-14H,2-4,6,8-9H2,1H3. The summed E-state index contributed by atoms with van der Waals surface area (Å²) < 4.78 is 26.2. The van der Waals surface area contributed by atoms with Crippen LogP contribution in [0.3, 0.4) is 0 Å². The van der Waals surface area contributed by atoms with Crippen molar-refractivity contribution in [1.82, 2.24) is 0 Å². The predicted molar refractivity (Wildman–Crippen MR) is 78.5 cm³/mol. The van der Waals surface area contributed by atoms with Crippen LogP contribution in [0.2, 0.25) is 0 Å². The van der Waals surface area contributed by atoms with Crippen LogP contribution in [0.5, 0.6) is 0 Å². The lowest BCUT2D eigenvalue weighted by molar-refractivity contribution is 0.263. The summed E-state index contributed by atoms with van der Waals surface area (Å²) in [5.74, 6) is -0.152. The van der Waals surface area contributed by atoms with Crippen LogP contribution in [0.25, 0.3) is 0 Å². The molecular formula is C16H21BrF2. The van der Waals surface area contributed by atoms with Gasteiger partial charge in [-0.2, -0.15) is 0 Å². The summed E-state index contributed by atoms with van der Waals surface area (Å²) in [6, 6.07) is 4.29. The van der Waals surface area contributed by atoms with Crippen LogP contribution >= 0.6 is 15.9 Å². The molecule has 106 valence electrons. The Morgan fingerprint density at radius 2 is 2.00 bits per heavy atom. The largest absolute Gasteiger partial charge is 0.204 e. The Morgan fingerprint density at radius 3 is 2.68 bits per heavy atom. The number of hydrogen-bond donors (Lipinski definition) is 0. The summed E-state index contributed by atoms with van der Waals surface area (Å²) in [5, 5.41) is 0. The molecule has 0 nitrogen and oxygen atoms in total. The van der Waals surface area contributed by atoms with Crippen LogP contribution < -0.4 is 0 Å². The lowest BCUT2D eigenvalue weighted by Crippen LogP contribution is -2.26. The van der Waals surface area contributed by atoms with Crippen molar-refractivity contribution in [1.29, 1.82) is 0 Å². The first-order chi connectivity index (χ1) is 9.10. The molecule has 1 aliphatic carbocycles. The Bertz CT molecular complexity index is 419. The second-order valence-corrected chi connectivity index (χ2v) is 6.87. The third kappa shape index (κ3) is 4.01. The van der Waals surface area contributed by atoms with Gasteiger partial charge in [0.15, 0.2) is 11.6 Å². The van der Waals surface area contributed by atoms with E-state index in [0.717, 1.165) is 17.9 Å². The van der Waals surface area contributed by atoms with Crippen molar-refractivity contribution in [2.24, 2.45) is 11.8 Å². The summed E-state index contributed by atoms with van der Waals surface area (Å²) >= 11 is 3.76. The molecule has 0 heterocycles. The second-order valence-electron chi connectivity index (χ2n) is 5.70. The number of benzene rings is 1. The van der Waals surface area contributed by atoms with E-state index in [9.17, 15) is 8.78 Å². The van der Waals surface area contributed by atoms with E-state index in [0.29, 0.717) is 10.7 Å². The predicted octanol–water partition coefficient (Wildman–Crippen LogP) is 5.49. The summed E-state index contributed by atoms with van der Waals surface area (Å²) in [5.41, 5.74) is 0.908. The van der Waals surface area contributed by atoms with Gasteiger partial charge in [-0.25, -0.2) is 8.78 Å². The van der Waals surface area contributed by atoms with E-state index in [-0.39, 0.29) is 0 Å². The molecule has 1 aromatic carbocycles. The van der Waals surface area contributed by atoms with Gasteiger partial charge >= 0.3 is 0 Å². The second kappa shape index (κ2) is 6.83. The molecule has 3 unspecified atom stereocenters. The molecule has 0 amide bonds. The fourth-order valence-corrected chi connectivity index (χ4v) is 3.84. The van der Waals surface area contributed by atoms with Gasteiger partial charge < -0.3 is 0 Å². The highest BCUT2D eigenvalue weighted by Gasteiger charge is 2.28. The molecule has 0 N–H and O–H groups in total. The van der Waals surface area contributed by atoms with Crippen LogP contribution in [0, 0.1) is 23.5 Å². The summed E-state index contributed by atoms with van der Waals surface area (Å²) in [6.07, 6.45) is 7.04. The molecule has 1 fully saturated rings. The van der Waals surface area contributed by atoms with Gasteiger partial charge in [0.2, 0.25) is 0 Å². The third-order valence-electron chi connectivity index (χ3n) is 4.18. The zero-order valence-electron chi connectivity index (χ0n) is 11.3. The minimum Gasteiger partial charge on any atom is -0.204 e. The average molecular weight is 331 g/mol. The number of rotatable bonds is 4. The SMILES string of the molecule is CCCC1CCC(Br)C(Cc2ccc(F)c(F)c2)C1. The molecule has 0 spiro atoms. The van der Waals surface area contributed by atoms with Gasteiger partial charge in [0.25, 0.3) is 0 Å². The summed E-state index contributed by atoms with van der Waals surface area (Å²) in [6.45, 7) is 2.23. The van der Waals surface area contributed by atoms with Crippen molar-refractivity contribution in [3.8, 4) is 0 Å². The lowest BCUT2D eigenvalue weighted by Gasteiger charge is -2.33. The molecule has 0 saturated heterocycles. The Kier molecular flexibility index (Phi) is 5.37. The zero-order chi connectivity index (χ0) is 13.8. The number of alkyl halides is 1. The molecule has 0 aromatic heterocycles. The van der Waals surface area contributed by atoms with Gasteiger partial charge in [0.05, 0.1) is 0 Å². The molecule has 2 rings (SSSR count). The minimum atomic E-state index is -0.758. The van der Waals surface area contributed by atoms with Crippen molar-refractivity contribution >= 4 is 15.9 Å². The van der Waals surface area contributed by atoms with Crippen molar-refractivity contribution in [3.05, 3.63) is 35.4 Å². The third-order valence-corrected chi connectivity index (χ3v) is 5.38. The molecule has 19 heavy (non-hydrogen) atoms. The highest BCUT2D eigenvalue weighted by molar-refractivity contribution is 9.09. The molecule has 1 aliphatic rings. The Balaban J connectivity index is 2.01. The first-order valence-electron chi connectivity index (χ1n) is 7.18. The zero-order valence-corrected chi connectivity index (χ0v) is 12.9. The topological polar surface area (TPSA) is 0 Å². The van der Waals surface area contributed by atoms with E-state index in [1.165, 1.54) is 44.2 Å². The van der Waals surface area contributed by atoms with Crippen LogP contribution in [0.4, 0.5) is 8.78 Å². The van der Waals surface area contributed by atoms with Gasteiger partial charge in [0.1, 0.15) is 0 Å². The maximum absolute atomic E-state index is 13.2. The maximum Gasteiger partial charge on any atom is 0.159 e. The highest BCUT2D eigenvalue weighted by atomic mass is 79.9. The van der Waals surface area contributed by atoms with Gasteiger partial charge in [0, 0.05) is 4.83 Å². The Hall–Kier alpha value is -0.440. The van der Waals surface area contributed by atoms with Crippen LogP contribution in [0.15, 0.2) is 18.2 Å². The first-order valence-corrected chi connectivity index (χ1v) is 8.09. The molecule has 0 bridgehead atoms. The fourth-order valence-electron chi connectivity index (χ4n) is 3.18. The molecule has 3 atom stereocenters. The van der Waals surface area contributed by atoms with Crippen molar-refractivity contribution in [2.45, 2.75) is 50.3 Å². The highest BCUT2D eigenvalue weighted by Crippen LogP contribution is 2.37. The summed E-state index contributed by atoms with van der Waals surface area (Å²) in [4.78, 5) is 0.508. The van der Waals surface area contributed by atoms with Gasteiger partial charge in [-0.15, -0.1) is 0 Å². The van der Waals surface area contributed by atoms with Gasteiger partial charge in [-0.1, -0.05) is 41.8 Å².